The summed E-state index contributed by atoms with van der Waals surface area (Å²) in [6.45, 7) is 6.73. The highest BCUT2D eigenvalue weighted by Gasteiger charge is 2.32. The molecular formula is C8H20OP+. The van der Waals surface area contributed by atoms with Gasteiger partial charge in [0.1, 0.15) is 7.49 Å². The molecule has 0 aromatic heterocycles. The minimum atomic E-state index is -0.939. The summed E-state index contributed by atoms with van der Waals surface area (Å²) in [7, 11) is 0.933. The van der Waals surface area contributed by atoms with E-state index in [1.165, 1.54) is 24.9 Å². The van der Waals surface area contributed by atoms with Gasteiger partial charge >= 0.3 is 0 Å². The second-order valence-corrected chi connectivity index (χ2v) is 6.79. The summed E-state index contributed by atoms with van der Waals surface area (Å²) in [6.07, 6.45) is 5.06. The van der Waals surface area contributed by atoms with Crippen molar-refractivity contribution in [1.29, 1.82) is 0 Å². The second-order valence-electron chi connectivity index (χ2n) is 2.60. The Balaban J connectivity index is 3.87. The first-order valence-electron chi connectivity index (χ1n) is 4.16. The fourth-order valence-corrected chi connectivity index (χ4v) is 3.89. The third-order valence-electron chi connectivity index (χ3n) is 2.17. The molecule has 0 unspecified atom stereocenters. The Kier molecular flexibility index (Phi) is 5.29. The zero-order valence-electron chi connectivity index (χ0n) is 7.68. The first kappa shape index (κ1) is 10.4. The fraction of sp³-hybridized carbons (Fsp3) is 1.00. The standard InChI is InChI=1S/C8H20OP/c1-5-8-10(6-2,7-3)9-4/h5-8H2,1-4H3/q+1. The van der Waals surface area contributed by atoms with E-state index in [0.717, 1.165) is 0 Å². The van der Waals surface area contributed by atoms with Crippen LogP contribution >= 0.6 is 7.49 Å². The van der Waals surface area contributed by atoms with Crippen LogP contribution in [-0.4, -0.2) is 25.6 Å². The topological polar surface area (TPSA) is 9.23 Å². The quantitative estimate of drug-likeness (QED) is 0.566. The summed E-state index contributed by atoms with van der Waals surface area (Å²) in [5.74, 6) is 0. The van der Waals surface area contributed by atoms with Crippen LogP contribution in [0.2, 0.25) is 0 Å². The fourth-order valence-electron chi connectivity index (χ4n) is 1.30. The monoisotopic (exact) mass is 163 g/mol. The van der Waals surface area contributed by atoms with Gasteiger partial charge in [-0.1, -0.05) is 6.92 Å². The van der Waals surface area contributed by atoms with Crippen LogP contribution < -0.4 is 0 Å². The normalized spacial score (nSPS) is 12.0. The molecule has 2 heteroatoms. The van der Waals surface area contributed by atoms with Crippen molar-refractivity contribution in [2.75, 3.05) is 25.6 Å². The maximum Gasteiger partial charge on any atom is 0.144 e. The van der Waals surface area contributed by atoms with E-state index in [2.05, 4.69) is 20.8 Å². The van der Waals surface area contributed by atoms with E-state index in [-0.39, 0.29) is 0 Å². The Morgan fingerprint density at radius 2 is 1.60 bits per heavy atom. The minimum absolute atomic E-state index is 0.939. The molecule has 0 aliphatic carbocycles. The number of hydrogen-bond acceptors (Lipinski definition) is 1. The van der Waals surface area contributed by atoms with Gasteiger partial charge in [0.15, 0.2) is 0 Å². The molecule has 0 aliphatic heterocycles. The van der Waals surface area contributed by atoms with Crippen LogP contribution in [0.15, 0.2) is 0 Å². The molecule has 0 rings (SSSR count). The third-order valence-corrected chi connectivity index (χ3v) is 6.51. The van der Waals surface area contributed by atoms with E-state index in [0.29, 0.717) is 0 Å². The van der Waals surface area contributed by atoms with Crippen LogP contribution in [0.4, 0.5) is 0 Å². The highest BCUT2D eigenvalue weighted by Crippen LogP contribution is 2.58. The molecule has 0 aliphatic rings. The molecule has 0 bridgehead atoms. The molecule has 62 valence electrons. The Labute approximate surface area is 65.6 Å². The van der Waals surface area contributed by atoms with Crippen molar-refractivity contribution in [2.45, 2.75) is 27.2 Å². The Morgan fingerprint density at radius 1 is 1.10 bits per heavy atom. The van der Waals surface area contributed by atoms with E-state index in [4.69, 9.17) is 4.52 Å². The van der Waals surface area contributed by atoms with E-state index in [1.807, 2.05) is 7.11 Å². The highest BCUT2D eigenvalue weighted by atomic mass is 31.2. The summed E-state index contributed by atoms with van der Waals surface area (Å²) in [4.78, 5) is 0. The van der Waals surface area contributed by atoms with Crippen molar-refractivity contribution in [3.63, 3.8) is 0 Å². The van der Waals surface area contributed by atoms with Gasteiger partial charge in [-0.2, -0.15) is 0 Å². The van der Waals surface area contributed by atoms with Gasteiger partial charge < -0.3 is 0 Å². The van der Waals surface area contributed by atoms with Gasteiger partial charge in [-0.15, -0.1) is 0 Å². The van der Waals surface area contributed by atoms with Crippen LogP contribution in [0.1, 0.15) is 27.2 Å². The van der Waals surface area contributed by atoms with Crippen molar-refractivity contribution in [3.8, 4) is 0 Å². The Hall–Kier alpha value is 0.390. The molecule has 0 saturated carbocycles. The van der Waals surface area contributed by atoms with Crippen molar-refractivity contribution in [1.82, 2.24) is 0 Å². The predicted octanol–water partition coefficient (Wildman–Crippen LogP) is 3.02. The van der Waals surface area contributed by atoms with E-state index >= 15 is 0 Å². The smallest absolute Gasteiger partial charge is 0.144 e. The Bertz CT molecular complexity index is 71.1. The molecule has 0 aromatic rings. The van der Waals surface area contributed by atoms with Gasteiger partial charge in [0.2, 0.25) is 0 Å². The molecule has 0 amide bonds. The lowest BCUT2D eigenvalue weighted by Crippen LogP contribution is -2.05. The van der Waals surface area contributed by atoms with Crippen LogP contribution in [0.5, 0.6) is 0 Å². The van der Waals surface area contributed by atoms with Gasteiger partial charge in [0.25, 0.3) is 0 Å². The van der Waals surface area contributed by atoms with Crippen molar-refractivity contribution >= 4 is 7.49 Å². The van der Waals surface area contributed by atoms with Crippen LogP contribution in [0, 0.1) is 0 Å². The Morgan fingerprint density at radius 3 is 1.70 bits per heavy atom. The lowest BCUT2D eigenvalue weighted by molar-refractivity contribution is 0.443. The molecule has 0 fully saturated rings. The minimum Gasteiger partial charge on any atom is -0.241 e. The van der Waals surface area contributed by atoms with E-state index in [9.17, 15) is 0 Å². The molecular weight excluding hydrogens is 143 g/mol. The van der Waals surface area contributed by atoms with E-state index in [1.54, 1.807) is 0 Å². The van der Waals surface area contributed by atoms with E-state index < -0.39 is 7.49 Å². The number of rotatable bonds is 5. The van der Waals surface area contributed by atoms with Crippen molar-refractivity contribution < 1.29 is 4.52 Å². The van der Waals surface area contributed by atoms with Gasteiger partial charge in [0.05, 0.1) is 25.6 Å². The second kappa shape index (κ2) is 5.09. The molecule has 1 nitrogen and oxygen atoms in total. The predicted molar refractivity (Wildman–Crippen MR) is 50.2 cm³/mol. The van der Waals surface area contributed by atoms with Crippen molar-refractivity contribution in [3.05, 3.63) is 0 Å². The van der Waals surface area contributed by atoms with Crippen LogP contribution in [0.25, 0.3) is 0 Å². The number of hydrogen-bond donors (Lipinski definition) is 0. The molecule has 0 spiro atoms. The van der Waals surface area contributed by atoms with Gasteiger partial charge in [-0.25, -0.2) is 4.52 Å². The SMILES string of the molecule is CCC[P+](CC)(CC)OC. The molecule has 0 saturated heterocycles. The summed E-state index contributed by atoms with van der Waals surface area (Å²) in [5.41, 5.74) is 0. The first-order chi connectivity index (χ1) is 4.74. The van der Waals surface area contributed by atoms with Crippen LogP contribution in [-0.2, 0) is 4.52 Å². The van der Waals surface area contributed by atoms with Gasteiger partial charge in [-0.3, -0.25) is 0 Å². The highest BCUT2D eigenvalue weighted by molar-refractivity contribution is 7.71. The first-order valence-corrected chi connectivity index (χ1v) is 6.42. The van der Waals surface area contributed by atoms with Crippen molar-refractivity contribution in [2.24, 2.45) is 0 Å². The zero-order valence-corrected chi connectivity index (χ0v) is 8.58. The average molecular weight is 163 g/mol. The lowest BCUT2D eigenvalue weighted by atomic mass is 10.6. The van der Waals surface area contributed by atoms with Gasteiger partial charge in [0, 0.05) is 0 Å². The summed E-state index contributed by atoms with van der Waals surface area (Å²) in [6, 6.07) is 0. The summed E-state index contributed by atoms with van der Waals surface area (Å²) >= 11 is 0. The summed E-state index contributed by atoms with van der Waals surface area (Å²) in [5, 5.41) is 0. The molecule has 0 aromatic carbocycles. The molecule has 0 heterocycles. The maximum absolute atomic E-state index is 5.59. The third kappa shape index (κ3) is 2.56. The molecule has 0 N–H and O–H groups in total. The largest absolute Gasteiger partial charge is 0.241 e. The maximum atomic E-state index is 5.59. The zero-order chi connectivity index (χ0) is 8.04. The molecule has 0 radical (unpaired) electrons. The average Bonchev–Trinajstić information content (AvgIpc) is 2.01. The van der Waals surface area contributed by atoms with Crippen LogP contribution in [0.3, 0.4) is 0 Å². The molecule has 10 heavy (non-hydrogen) atoms. The lowest BCUT2D eigenvalue weighted by Gasteiger charge is -2.20. The van der Waals surface area contributed by atoms with Gasteiger partial charge in [-0.05, 0) is 20.3 Å². The summed E-state index contributed by atoms with van der Waals surface area (Å²) < 4.78 is 5.59. The molecule has 0 atom stereocenters.